The molecule has 7 heteroatoms. The quantitative estimate of drug-likeness (QED) is 0.605. The average Bonchev–Trinajstić information content (AvgIpc) is 2.86. The van der Waals surface area contributed by atoms with Crippen LogP contribution < -0.4 is 5.73 Å². The number of rotatable bonds is 3. The first-order valence-electron chi connectivity index (χ1n) is 4.02. The number of aromatic nitrogens is 4. The Morgan fingerprint density at radius 3 is 3.14 bits per heavy atom. The number of hydrogen-bond acceptors (Lipinski definition) is 6. The molecule has 0 amide bonds. The number of hydrogen-bond donors (Lipinski definition) is 3. The number of nitrogens with two attached hydrogens (primary N) is 1. The minimum atomic E-state index is -0.925. The molecular formula is C7H9N5O2. The molecule has 2 aromatic heterocycles. The van der Waals surface area contributed by atoms with Gasteiger partial charge in [0.15, 0.2) is 5.82 Å². The molecule has 0 saturated carbocycles. The van der Waals surface area contributed by atoms with E-state index in [1.165, 1.54) is 0 Å². The number of aliphatic hydroxyl groups is 1. The van der Waals surface area contributed by atoms with E-state index < -0.39 is 6.10 Å². The van der Waals surface area contributed by atoms with Crippen molar-refractivity contribution >= 4 is 0 Å². The number of nitrogens with zero attached hydrogens (tertiary/aromatic N) is 3. The van der Waals surface area contributed by atoms with Crippen LogP contribution in [0.15, 0.2) is 16.9 Å². The van der Waals surface area contributed by atoms with E-state index in [0.717, 1.165) is 0 Å². The molecule has 0 unspecified atom stereocenters. The molecule has 1 atom stereocenters. The fourth-order valence-corrected chi connectivity index (χ4v) is 0.955. The van der Waals surface area contributed by atoms with E-state index in [2.05, 4.69) is 20.1 Å². The maximum Gasteiger partial charge on any atom is 0.257 e. The molecule has 2 aromatic rings. The van der Waals surface area contributed by atoms with Gasteiger partial charge in [-0.25, -0.2) is 4.98 Å². The lowest BCUT2D eigenvalue weighted by atomic mass is 10.4. The van der Waals surface area contributed by atoms with E-state index in [-0.39, 0.29) is 12.4 Å². The Morgan fingerprint density at radius 1 is 1.64 bits per heavy atom. The summed E-state index contributed by atoms with van der Waals surface area (Å²) in [6, 6.07) is 0. The summed E-state index contributed by atoms with van der Waals surface area (Å²) in [6.07, 6.45) is 2.29. The van der Waals surface area contributed by atoms with E-state index in [9.17, 15) is 5.11 Å². The van der Waals surface area contributed by atoms with Gasteiger partial charge in [0.2, 0.25) is 5.82 Å². The van der Waals surface area contributed by atoms with Crippen LogP contribution in [0, 0.1) is 0 Å². The van der Waals surface area contributed by atoms with Crippen LogP contribution in [0.4, 0.5) is 0 Å². The van der Waals surface area contributed by atoms with E-state index in [4.69, 9.17) is 10.3 Å². The van der Waals surface area contributed by atoms with Crippen molar-refractivity contribution in [1.29, 1.82) is 0 Å². The lowest BCUT2D eigenvalue weighted by Gasteiger charge is -1.97. The summed E-state index contributed by atoms with van der Waals surface area (Å²) in [7, 11) is 0. The predicted molar refractivity (Wildman–Crippen MR) is 45.9 cm³/mol. The Bertz CT molecular complexity index is 396. The predicted octanol–water partition coefficient (Wildman–Crippen LogP) is -0.548. The number of aromatic amines is 1. The summed E-state index contributed by atoms with van der Waals surface area (Å²) in [5.74, 6) is 0.889. The van der Waals surface area contributed by atoms with Gasteiger partial charge >= 0.3 is 0 Å². The molecule has 0 aliphatic carbocycles. The first kappa shape index (κ1) is 8.85. The highest BCUT2D eigenvalue weighted by atomic mass is 16.5. The summed E-state index contributed by atoms with van der Waals surface area (Å²) in [5.41, 5.74) is 5.23. The average molecular weight is 195 g/mol. The van der Waals surface area contributed by atoms with Crippen molar-refractivity contribution in [3.05, 3.63) is 18.3 Å². The summed E-state index contributed by atoms with van der Waals surface area (Å²) in [6.45, 7) is 0.0415. The van der Waals surface area contributed by atoms with E-state index in [1.54, 1.807) is 12.4 Å². The molecule has 0 aliphatic heterocycles. The highest BCUT2D eigenvalue weighted by Gasteiger charge is 2.15. The smallest absolute Gasteiger partial charge is 0.257 e. The van der Waals surface area contributed by atoms with Crippen LogP contribution in [0.2, 0.25) is 0 Å². The van der Waals surface area contributed by atoms with Gasteiger partial charge in [-0.1, -0.05) is 5.16 Å². The second-order valence-corrected chi connectivity index (χ2v) is 2.65. The second-order valence-electron chi connectivity index (χ2n) is 2.65. The first-order valence-corrected chi connectivity index (χ1v) is 4.02. The molecule has 4 N–H and O–H groups in total. The lowest BCUT2D eigenvalue weighted by molar-refractivity contribution is 0.141. The molecular weight excluding hydrogens is 186 g/mol. The maximum absolute atomic E-state index is 9.29. The zero-order chi connectivity index (χ0) is 9.97. The van der Waals surface area contributed by atoms with Crippen LogP contribution in [-0.4, -0.2) is 31.8 Å². The number of nitrogens with one attached hydrogen (secondary N) is 1. The molecule has 0 spiro atoms. The fourth-order valence-electron chi connectivity index (χ4n) is 0.955. The minimum Gasteiger partial charge on any atom is -0.382 e. The van der Waals surface area contributed by atoms with Crippen molar-refractivity contribution in [2.24, 2.45) is 5.73 Å². The van der Waals surface area contributed by atoms with Crippen LogP contribution in [-0.2, 0) is 0 Å². The third-order valence-corrected chi connectivity index (χ3v) is 1.66. The molecule has 0 saturated heterocycles. The highest BCUT2D eigenvalue weighted by Crippen LogP contribution is 2.13. The van der Waals surface area contributed by atoms with Crippen molar-refractivity contribution in [2.75, 3.05) is 6.54 Å². The van der Waals surface area contributed by atoms with Crippen molar-refractivity contribution in [1.82, 2.24) is 20.1 Å². The molecule has 0 radical (unpaired) electrons. The summed E-state index contributed by atoms with van der Waals surface area (Å²) >= 11 is 0. The summed E-state index contributed by atoms with van der Waals surface area (Å²) < 4.78 is 4.79. The standard InChI is InChI=1S/C7H9N5O2/c8-3-4(13)7-11-6(12-14-7)5-9-1-2-10-5/h1-2,4,13H,3,8H2,(H,9,10)/t4-/m0/s1. The van der Waals surface area contributed by atoms with Gasteiger partial charge in [-0.15, -0.1) is 0 Å². The largest absolute Gasteiger partial charge is 0.382 e. The van der Waals surface area contributed by atoms with Gasteiger partial charge < -0.3 is 20.3 Å². The Morgan fingerprint density at radius 2 is 2.50 bits per heavy atom. The Balaban J connectivity index is 2.26. The molecule has 7 nitrogen and oxygen atoms in total. The number of aliphatic hydroxyl groups excluding tert-OH is 1. The van der Waals surface area contributed by atoms with Gasteiger partial charge in [-0.3, -0.25) is 0 Å². The second kappa shape index (κ2) is 3.56. The summed E-state index contributed by atoms with van der Waals surface area (Å²) in [4.78, 5) is 10.7. The third kappa shape index (κ3) is 1.50. The Hall–Kier alpha value is -1.73. The fraction of sp³-hybridized carbons (Fsp3) is 0.286. The molecule has 2 heterocycles. The first-order chi connectivity index (χ1) is 6.81. The molecule has 0 bridgehead atoms. The van der Waals surface area contributed by atoms with Crippen LogP contribution >= 0.6 is 0 Å². The maximum atomic E-state index is 9.29. The molecule has 0 aromatic carbocycles. The van der Waals surface area contributed by atoms with Crippen molar-refractivity contribution in [3.63, 3.8) is 0 Å². The van der Waals surface area contributed by atoms with Gasteiger partial charge in [0.05, 0.1) is 0 Å². The van der Waals surface area contributed by atoms with E-state index >= 15 is 0 Å². The monoisotopic (exact) mass is 195 g/mol. The van der Waals surface area contributed by atoms with Gasteiger partial charge in [-0.05, 0) is 0 Å². The van der Waals surface area contributed by atoms with Gasteiger partial charge in [0.25, 0.3) is 5.89 Å². The normalized spacial score (nSPS) is 13.0. The molecule has 74 valence electrons. The minimum absolute atomic E-state index is 0.0415. The topological polar surface area (TPSA) is 114 Å². The zero-order valence-corrected chi connectivity index (χ0v) is 7.21. The number of imidazole rings is 1. The third-order valence-electron chi connectivity index (χ3n) is 1.66. The van der Waals surface area contributed by atoms with Crippen LogP contribution in [0.5, 0.6) is 0 Å². The molecule has 0 aliphatic rings. The van der Waals surface area contributed by atoms with Crippen LogP contribution in [0.3, 0.4) is 0 Å². The molecule has 2 rings (SSSR count). The van der Waals surface area contributed by atoms with E-state index in [1.807, 2.05) is 0 Å². The van der Waals surface area contributed by atoms with Gasteiger partial charge in [0, 0.05) is 18.9 Å². The lowest BCUT2D eigenvalue weighted by Crippen LogP contribution is -2.11. The van der Waals surface area contributed by atoms with Gasteiger partial charge in [-0.2, -0.15) is 4.98 Å². The molecule has 14 heavy (non-hydrogen) atoms. The van der Waals surface area contributed by atoms with Crippen LogP contribution in [0.1, 0.15) is 12.0 Å². The number of H-pyrrole nitrogens is 1. The summed E-state index contributed by atoms with van der Waals surface area (Å²) in [5, 5.41) is 12.9. The van der Waals surface area contributed by atoms with Crippen molar-refractivity contribution < 1.29 is 9.63 Å². The van der Waals surface area contributed by atoms with Crippen LogP contribution in [0.25, 0.3) is 11.6 Å². The van der Waals surface area contributed by atoms with Crippen molar-refractivity contribution in [3.8, 4) is 11.6 Å². The van der Waals surface area contributed by atoms with E-state index in [0.29, 0.717) is 11.6 Å². The Labute approximate surface area is 79.0 Å². The van der Waals surface area contributed by atoms with Crippen molar-refractivity contribution in [2.45, 2.75) is 6.10 Å². The SMILES string of the molecule is NC[C@H](O)c1nc(-c2ncc[nH]2)no1. The highest BCUT2D eigenvalue weighted by molar-refractivity contribution is 5.40. The molecule has 0 fully saturated rings. The zero-order valence-electron chi connectivity index (χ0n) is 7.21. The van der Waals surface area contributed by atoms with Gasteiger partial charge in [0.1, 0.15) is 6.10 Å². The Kier molecular flexibility index (Phi) is 2.25.